The number of ether oxygens (including phenoxy) is 1. The van der Waals surface area contributed by atoms with Gasteiger partial charge < -0.3 is 10.1 Å². The molecule has 4 aromatic rings. The van der Waals surface area contributed by atoms with E-state index in [0.717, 1.165) is 29.4 Å². The van der Waals surface area contributed by atoms with Gasteiger partial charge in [0.15, 0.2) is 11.5 Å². The van der Waals surface area contributed by atoms with Crippen LogP contribution in [0.5, 0.6) is 11.5 Å². The van der Waals surface area contributed by atoms with Gasteiger partial charge in [0, 0.05) is 11.8 Å². The first kappa shape index (κ1) is 20.0. The monoisotopic (exact) mass is 418 g/mol. The molecule has 0 aliphatic heterocycles. The largest absolute Gasteiger partial charge is 0.457 e. The molecule has 0 aliphatic carbocycles. The van der Waals surface area contributed by atoms with Crippen LogP contribution in [0.3, 0.4) is 0 Å². The fourth-order valence-corrected chi connectivity index (χ4v) is 3.61. The van der Waals surface area contributed by atoms with Crippen molar-refractivity contribution in [1.82, 2.24) is 19.9 Å². The van der Waals surface area contributed by atoms with E-state index < -0.39 is 0 Å². The van der Waals surface area contributed by atoms with Crippen molar-refractivity contribution < 1.29 is 9.53 Å². The number of pyridine rings is 1. The molecular formula is C23H22N4O2S. The van der Waals surface area contributed by atoms with E-state index in [9.17, 15) is 4.79 Å². The van der Waals surface area contributed by atoms with E-state index in [1.165, 1.54) is 0 Å². The van der Waals surface area contributed by atoms with Gasteiger partial charge in [-0.1, -0.05) is 24.3 Å². The number of carbonyl (C=O) groups excluding carboxylic acids is 1. The average molecular weight is 419 g/mol. The average Bonchev–Trinajstić information content (AvgIpc) is 3.22. The summed E-state index contributed by atoms with van der Waals surface area (Å²) in [5.41, 5.74) is 1.33. The van der Waals surface area contributed by atoms with E-state index in [-0.39, 0.29) is 11.9 Å². The second-order valence-corrected chi connectivity index (χ2v) is 7.72. The number of rotatable bonds is 8. The Morgan fingerprint density at radius 1 is 1.00 bits per heavy atom. The van der Waals surface area contributed by atoms with Crippen molar-refractivity contribution in [1.29, 1.82) is 0 Å². The standard InChI is InChI=1S/C23H22N4O2S/c1-30-16-14-20(22-26-25-21-9-5-6-15-27(21)22)24-23(28)17-10-12-19(13-11-17)29-18-7-3-2-4-8-18/h2-13,15,20H,14,16H2,1H3,(H,24,28). The molecule has 7 heteroatoms. The Balaban J connectivity index is 1.49. The Morgan fingerprint density at radius 2 is 1.73 bits per heavy atom. The van der Waals surface area contributed by atoms with Crippen LogP contribution in [0.4, 0.5) is 0 Å². The first-order valence-electron chi connectivity index (χ1n) is 9.67. The maximum Gasteiger partial charge on any atom is 0.251 e. The number of aromatic nitrogens is 3. The fraction of sp³-hybridized carbons (Fsp3) is 0.174. The molecule has 4 rings (SSSR count). The van der Waals surface area contributed by atoms with Crippen LogP contribution < -0.4 is 10.1 Å². The molecule has 1 N–H and O–H groups in total. The van der Waals surface area contributed by atoms with Crippen LogP contribution in [0.15, 0.2) is 79.0 Å². The van der Waals surface area contributed by atoms with Gasteiger partial charge in [0.2, 0.25) is 0 Å². The van der Waals surface area contributed by atoms with E-state index in [2.05, 4.69) is 15.5 Å². The van der Waals surface area contributed by atoms with Crippen molar-refractivity contribution >= 4 is 23.3 Å². The first-order chi connectivity index (χ1) is 14.7. The van der Waals surface area contributed by atoms with Gasteiger partial charge in [-0.15, -0.1) is 10.2 Å². The molecule has 0 fully saturated rings. The molecule has 0 radical (unpaired) electrons. The zero-order valence-corrected chi connectivity index (χ0v) is 17.4. The summed E-state index contributed by atoms with van der Waals surface area (Å²) in [5.74, 6) is 2.92. The van der Waals surface area contributed by atoms with Gasteiger partial charge in [0.05, 0.1) is 6.04 Å². The van der Waals surface area contributed by atoms with E-state index in [1.807, 2.05) is 65.4 Å². The molecule has 2 heterocycles. The van der Waals surface area contributed by atoms with Gasteiger partial charge in [-0.2, -0.15) is 11.8 Å². The SMILES string of the molecule is CSCCC(NC(=O)c1ccc(Oc2ccccc2)cc1)c1nnc2ccccn12. The van der Waals surface area contributed by atoms with Gasteiger partial charge in [0.1, 0.15) is 11.5 Å². The highest BCUT2D eigenvalue weighted by Crippen LogP contribution is 2.22. The number of hydrogen-bond acceptors (Lipinski definition) is 5. The van der Waals surface area contributed by atoms with Crippen molar-refractivity contribution in [2.24, 2.45) is 0 Å². The van der Waals surface area contributed by atoms with Gasteiger partial charge in [-0.25, -0.2) is 0 Å². The Bertz CT molecular complexity index is 1110. The number of carbonyl (C=O) groups is 1. The number of benzene rings is 2. The summed E-state index contributed by atoms with van der Waals surface area (Å²) in [4.78, 5) is 12.9. The van der Waals surface area contributed by atoms with E-state index in [4.69, 9.17) is 4.74 Å². The van der Waals surface area contributed by atoms with Crippen LogP contribution in [0.2, 0.25) is 0 Å². The summed E-state index contributed by atoms with van der Waals surface area (Å²) in [7, 11) is 0. The van der Waals surface area contributed by atoms with Crippen molar-refractivity contribution in [3.8, 4) is 11.5 Å². The number of amides is 1. The molecule has 1 unspecified atom stereocenters. The lowest BCUT2D eigenvalue weighted by Gasteiger charge is -2.17. The second-order valence-electron chi connectivity index (χ2n) is 6.73. The molecule has 6 nitrogen and oxygen atoms in total. The van der Waals surface area contributed by atoms with Crippen LogP contribution in [-0.4, -0.2) is 32.5 Å². The number of para-hydroxylation sites is 1. The predicted molar refractivity (Wildman–Crippen MR) is 119 cm³/mol. The third kappa shape index (κ3) is 4.63. The zero-order chi connectivity index (χ0) is 20.8. The fourth-order valence-electron chi connectivity index (χ4n) is 3.14. The van der Waals surface area contributed by atoms with Crippen LogP contribution in [0.1, 0.15) is 28.6 Å². The third-order valence-corrected chi connectivity index (χ3v) is 5.31. The van der Waals surface area contributed by atoms with Crippen molar-refractivity contribution in [2.45, 2.75) is 12.5 Å². The van der Waals surface area contributed by atoms with Crippen LogP contribution in [0, 0.1) is 0 Å². The Kier molecular flexibility index (Phi) is 6.29. The van der Waals surface area contributed by atoms with Crippen LogP contribution in [0.25, 0.3) is 5.65 Å². The zero-order valence-electron chi connectivity index (χ0n) is 16.6. The van der Waals surface area contributed by atoms with Crippen molar-refractivity contribution in [3.05, 3.63) is 90.4 Å². The second kappa shape index (κ2) is 9.45. The Hall–Kier alpha value is -3.32. The van der Waals surface area contributed by atoms with Crippen LogP contribution in [-0.2, 0) is 0 Å². The Labute approximate surface area is 179 Å². The summed E-state index contributed by atoms with van der Waals surface area (Å²) >= 11 is 1.73. The number of fused-ring (bicyclic) bond motifs is 1. The van der Waals surface area contributed by atoms with E-state index >= 15 is 0 Å². The molecule has 30 heavy (non-hydrogen) atoms. The topological polar surface area (TPSA) is 68.5 Å². The quantitative estimate of drug-likeness (QED) is 0.447. The molecule has 152 valence electrons. The highest BCUT2D eigenvalue weighted by Gasteiger charge is 2.21. The summed E-state index contributed by atoms with van der Waals surface area (Å²) < 4.78 is 7.72. The predicted octanol–water partition coefficient (Wildman–Crippen LogP) is 4.75. The van der Waals surface area contributed by atoms with Crippen molar-refractivity contribution in [2.75, 3.05) is 12.0 Å². The minimum atomic E-state index is -0.234. The minimum absolute atomic E-state index is 0.153. The van der Waals surface area contributed by atoms with Gasteiger partial charge >= 0.3 is 0 Å². The maximum atomic E-state index is 12.9. The smallest absolute Gasteiger partial charge is 0.251 e. The van der Waals surface area contributed by atoms with Gasteiger partial charge in [0.25, 0.3) is 5.91 Å². The molecule has 0 saturated carbocycles. The first-order valence-corrected chi connectivity index (χ1v) is 11.1. The minimum Gasteiger partial charge on any atom is -0.457 e. The highest BCUT2D eigenvalue weighted by atomic mass is 32.2. The highest BCUT2D eigenvalue weighted by molar-refractivity contribution is 7.98. The van der Waals surface area contributed by atoms with Crippen LogP contribution >= 0.6 is 11.8 Å². The summed E-state index contributed by atoms with van der Waals surface area (Å²) in [6.07, 6.45) is 4.72. The van der Waals surface area contributed by atoms with E-state index in [0.29, 0.717) is 11.3 Å². The summed E-state index contributed by atoms with van der Waals surface area (Å²) in [6.45, 7) is 0. The Morgan fingerprint density at radius 3 is 2.50 bits per heavy atom. The lowest BCUT2D eigenvalue weighted by Crippen LogP contribution is -2.30. The molecule has 1 amide bonds. The molecule has 0 spiro atoms. The van der Waals surface area contributed by atoms with Gasteiger partial charge in [-0.3, -0.25) is 9.20 Å². The normalized spacial score (nSPS) is 11.9. The number of nitrogens with one attached hydrogen (secondary N) is 1. The summed E-state index contributed by atoms with van der Waals surface area (Å²) in [6, 6.07) is 22.2. The molecule has 1 atom stereocenters. The molecule has 0 saturated heterocycles. The van der Waals surface area contributed by atoms with Crippen molar-refractivity contribution in [3.63, 3.8) is 0 Å². The van der Waals surface area contributed by atoms with Gasteiger partial charge in [-0.05, 0) is 67.0 Å². The lowest BCUT2D eigenvalue weighted by molar-refractivity contribution is 0.0934. The third-order valence-electron chi connectivity index (χ3n) is 4.66. The number of thioether (sulfide) groups is 1. The number of nitrogens with zero attached hydrogens (tertiary/aromatic N) is 3. The molecule has 0 aliphatic rings. The molecule has 2 aromatic heterocycles. The molecular weight excluding hydrogens is 396 g/mol. The summed E-state index contributed by atoms with van der Waals surface area (Å²) in [5, 5.41) is 11.7. The number of hydrogen-bond donors (Lipinski definition) is 1. The lowest BCUT2D eigenvalue weighted by atomic mass is 10.1. The van der Waals surface area contributed by atoms with E-state index in [1.54, 1.807) is 36.0 Å². The molecule has 0 bridgehead atoms. The molecule has 2 aromatic carbocycles. The maximum absolute atomic E-state index is 12.9.